The standard InChI is InChI=1S/C26H31F2NO9/c1-25(2)19-8-7-17(30)15-18(19)24-20(37-23(33)10-9-22(31)32)13-16(14-21(24)38-25)26(27,28)11-5-3-4-6-12-36-29(34)35/h9-10,13-14,18-19H,3-8,11-12,15H2,1-2H3,(H,31,32)/b10-9+/t18-,19-/m1/s1. The summed E-state index contributed by atoms with van der Waals surface area (Å²) in [4.78, 5) is 49.8. The maximum absolute atomic E-state index is 15.3. The van der Waals surface area contributed by atoms with Gasteiger partial charge in [0.05, 0.1) is 6.61 Å². The molecule has 208 valence electrons. The molecule has 10 nitrogen and oxygen atoms in total. The van der Waals surface area contributed by atoms with Gasteiger partial charge in [-0.2, -0.15) is 0 Å². The van der Waals surface area contributed by atoms with Crippen molar-refractivity contribution in [2.24, 2.45) is 5.92 Å². The average molecular weight is 540 g/mol. The number of hydrogen-bond donors (Lipinski definition) is 1. The number of rotatable bonds is 12. The van der Waals surface area contributed by atoms with Crippen molar-refractivity contribution >= 4 is 17.7 Å². The molecule has 2 atom stereocenters. The number of carbonyl (C=O) groups excluding carboxylic acids is 2. The zero-order chi connectivity index (χ0) is 28.1. The second-order valence-electron chi connectivity index (χ2n) is 10.1. The van der Waals surface area contributed by atoms with Crippen LogP contribution in [0.1, 0.15) is 82.3 Å². The number of aliphatic carboxylic acids is 1. The fourth-order valence-electron chi connectivity index (χ4n) is 5.22. The number of Topliss-reactive ketones (excluding diaryl/α,β-unsaturated/α-hetero) is 1. The smallest absolute Gasteiger partial charge is 0.336 e. The minimum absolute atomic E-state index is 0.0102. The highest BCUT2D eigenvalue weighted by Crippen LogP contribution is 2.55. The molecule has 0 aromatic heterocycles. The molecule has 1 heterocycles. The predicted octanol–water partition coefficient (Wildman–Crippen LogP) is 5.11. The van der Waals surface area contributed by atoms with Crippen molar-refractivity contribution in [3.8, 4) is 11.5 Å². The lowest BCUT2D eigenvalue weighted by molar-refractivity contribution is -0.757. The van der Waals surface area contributed by atoms with Crippen LogP contribution in [0.5, 0.6) is 11.5 Å². The molecule has 0 saturated heterocycles. The van der Waals surface area contributed by atoms with Crippen LogP contribution >= 0.6 is 0 Å². The van der Waals surface area contributed by atoms with E-state index in [-0.39, 0.29) is 42.6 Å². The molecular formula is C26H31F2NO9. The molecule has 2 aliphatic rings. The molecule has 1 N–H and O–H groups in total. The number of ketones is 1. The number of fused-ring (bicyclic) bond motifs is 3. The third-order valence-electron chi connectivity index (χ3n) is 6.99. The van der Waals surface area contributed by atoms with E-state index in [4.69, 9.17) is 14.6 Å². The van der Waals surface area contributed by atoms with Gasteiger partial charge in [0, 0.05) is 54.4 Å². The van der Waals surface area contributed by atoms with Gasteiger partial charge in [-0.3, -0.25) is 4.79 Å². The molecule has 0 spiro atoms. The predicted molar refractivity (Wildman–Crippen MR) is 129 cm³/mol. The van der Waals surface area contributed by atoms with Crippen LogP contribution in [0, 0.1) is 16.0 Å². The van der Waals surface area contributed by atoms with Crippen molar-refractivity contribution in [3.05, 3.63) is 45.5 Å². The van der Waals surface area contributed by atoms with E-state index in [1.54, 1.807) is 0 Å². The number of carbonyl (C=O) groups is 3. The number of halogens is 2. The Kier molecular flexibility index (Phi) is 9.05. The van der Waals surface area contributed by atoms with Crippen molar-refractivity contribution in [1.82, 2.24) is 0 Å². The average Bonchev–Trinajstić information content (AvgIpc) is 2.81. The molecule has 1 aromatic rings. The van der Waals surface area contributed by atoms with Crippen LogP contribution in [0.2, 0.25) is 0 Å². The maximum Gasteiger partial charge on any atom is 0.336 e. The van der Waals surface area contributed by atoms with Gasteiger partial charge in [-0.05, 0) is 45.2 Å². The van der Waals surface area contributed by atoms with E-state index in [1.165, 1.54) is 6.07 Å². The molecule has 12 heteroatoms. The molecule has 1 fully saturated rings. The van der Waals surface area contributed by atoms with E-state index in [0.717, 1.165) is 6.07 Å². The highest BCUT2D eigenvalue weighted by atomic mass is 19.3. The third kappa shape index (κ3) is 7.26. The van der Waals surface area contributed by atoms with Gasteiger partial charge in [0.15, 0.2) is 0 Å². The topological polar surface area (TPSA) is 142 Å². The summed E-state index contributed by atoms with van der Waals surface area (Å²) in [6.07, 6.45) is 3.15. The Bertz CT molecular complexity index is 1120. The SMILES string of the molecule is CC1(C)Oc2cc(C(F)(F)CCCCCCO[N+](=O)[O-])cc(OC(=O)/C=C/C(=O)O)c2[C@@H]2CC(=O)CC[C@H]21. The molecule has 0 bridgehead atoms. The fraction of sp³-hybridized carbons (Fsp3) is 0.577. The summed E-state index contributed by atoms with van der Waals surface area (Å²) in [5.74, 6) is -6.37. The number of benzene rings is 1. The van der Waals surface area contributed by atoms with Gasteiger partial charge in [-0.25, -0.2) is 18.4 Å². The van der Waals surface area contributed by atoms with Crippen molar-refractivity contribution in [2.45, 2.75) is 82.7 Å². The largest absolute Gasteiger partial charge is 0.487 e. The van der Waals surface area contributed by atoms with Gasteiger partial charge in [-0.1, -0.05) is 12.8 Å². The maximum atomic E-state index is 15.3. The number of alkyl halides is 2. The Morgan fingerprint density at radius 2 is 1.95 bits per heavy atom. The van der Waals surface area contributed by atoms with E-state index < -0.39 is 46.5 Å². The molecule has 0 radical (unpaired) electrons. The Morgan fingerprint density at radius 1 is 1.24 bits per heavy atom. The van der Waals surface area contributed by atoms with E-state index in [2.05, 4.69) is 4.84 Å². The van der Waals surface area contributed by atoms with Crippen LogP contribution < -0.4 is 9.47 Å². The minimum Gasteiger partial charge on any atom is -0.487 e. The fourth-order valence-corrected chi connectivity index (χ4v) is 5.22. The lowest BCUT2D eigenvalue weighted by atomic mass is 9.66. The lowest BCUT2D eigenvalue weighted by Gasteiger charge is -2.47. The Labute approximate surface area is 218 Å². The second kappa shape index (κ2) is 11.9. The number of unbranched alkanes of at least 4 members (excludes halogenated alkanes) is 3. The van der Waals surface area contributed by atoms with Crippen molar-refractivity contribution < 1.29 is 47.7 Å². The molecule has 3 rings (SSSR count). The zero-order valence-electron chi connectivity index (χ0n) is 21.2. The first kappa shape index (κ1) is 29.0. The zero-order valence-corrected chi connectivity index (χ0v) is 21.2. The summed E-state index contributed by atoms with van der Waals surface area (Å²) in [5.41, 5.74) is -0.845. The van der Waals surface area contributed by atoms with Crippen LogP contribution in [-0.2, 0) is 25.1 Å². The number of carboxylic acid groups (broad SMARTS) is 1. The van der Waals surface area contributed by atoms with Crippen LogP contribution in [0.3, 0.4) is 0 Å². The van der Waals surface area contributed by atoms with Gasteiger partial charge in [-0.15, -0.1) is 10.1 Å². The first-order valence-corrected chi connectivity index (χ1v) is 12.5. The third-order valence-corrected chi connectivity index (χ3v) is 6.99. The summed E-state index contributed by atoms with van der Waals surface area (Å²) >= 11 is 0. The van der Waals surface area contributed by atoms with Gasteiger partial charge in [0.25, 0.3) is 11.0 Å². The van der Waals surface area contributed by atoms with Crippen molar-refractivity contribution in [3.63, 3.8) is 0 Å². The molecule has 0 amide bonds. The van der Waals surface area contributed by atoms with Crippen LogP contribution in [0.4, 0.5) is 8.78 Å². The van der Waals surface area contributed by atoms with E-state index in [1.807, 2.05) is 13.8 Å². The Morgan fingerprint density at radius 3 is 2.63 bits per heavy atom. The Balaban J connectivity index is 1.89. The number of esters is 1. The molecule has 1 aliphatic carbocycles. The molecular weight excluding hydrogens is 508 g/mol. The molecule has 38 heavy (non-hydrogen) atoms. The van der Waals surface area contributed by atoms with Gasteiger partial charge in [0.1, 0.15) is 22.9 Å². The number of nitrogens with zero attached hydrogens (tertiary/aromatic N) is 1. The van der Waals surface area contributed by atoms with Crippen LogP contribution in [0.15, 0.2) is 24.3 Å². The first-order chi connectivity index (χ1) is 17.8. The summed E-state index contributed by atoms with van der Waals surface area (Å²) in [5, 5.41) is 18.1. The highest BCUT2D eigenvalue weighted by Gasteiger charge is 2.48. The molecule has 0 unspecified atom stereocenters. The van der Waals surface area contributed by atoms with E-state index in [0.29, 0.717) is 49.8 Å². The monoisotopic (exact) mass is 539 g/mol. The summed E-state index contributed by atoms with van der Waals surface area (Å²) in [7, 11) is 0. The van der Waals surface area contributed by atoms with Gasteiger partial charge in [0.2, 0.25) is 0 Å². The number of ether oxygens (including phenoxy) is 2. The molecule has 1 saturated carbocycles. The molecule has 1 aromatic carbocycles. The van der Waals surface area contributed by atoms with Gasteiger partial charge < -0.3 is 19.4 Å². The van der Waals surface area contributed by atoms with E-state index in [9.17, 15) is 24.5 Å². The lowest BCUT2D eigenvalue weighted by Crippen LogP contribution is -2.47. The van der Waals surface area contributed by atoms with Crippen molar-refractivity contribution in [2.75, 3.05) is 6.61 Å². The highest BCUT2D eigenvalue weighted by molar-refractivity contribution is 5.92. The quantitative estimate of drug-likeness (QED) is 0.0957. The number of carboxylic acids is 1. The van der Waals surface area contributed by atoms with Gasteiger partial charge >= 0.3 is 11.9 Å². The summed E-state index contributed by atoms with van der Waals surface area (Å²) in [6, 6.07) is 2.29. The summed E-state index contributed by atoms with van der Waals surface area (Å²) < 4.78 is 42.1. The Hall–Kier alpha value is -3.57. The first-order valence-electron chi connectivity index (χ1n) is 12.5. The second-order valence-corrected chi connectivity index (χ2v) is 10.1. The molecule has 1 aliphatic heterocycles. The minimum atomic E-state index is -3.32. The van der Waals surface area contributed by atoms with Crippen LogP contribution in [-0.4, -0.2) is 40.1 Å². The van der Waals surface area contributed by atoms with E-state index >= 15 is 8.78 Å². The number of hydrogen-bond acceptors (Lipinski definition) is 8. The normalized spacial score (nSPS) is 20.3. The van der Waals surface area contributed by atoms with Crippen LogP contribution in [0.25, 0.3) is 0 Å². The van der Waals surface area contributed by atoms with Crippen molar-refractivity contribution in [1.29, 1.82) is 0 Å². The summed E-state index contributed by atoms with van der Waals surface area (Å²) in [6.45, 7) is 3.56.